The molecule has 0 spiro atoms. The maximum Gasteiger partial charge on any atom is 0.305 e. The number of carbonyl (C=O) groups excluding carboxylic acids is 1. The van der Waals surface area contributed by atoms with Gasteiger partial charge in [0.25, 0.3) is 0 Å². The summed E-state index contributed by atoms with van der Waals surface area (Å²) in [6.45, 7) is 0.565. The number of hydrogen-bond donors (Lipinski definition) is 2. The summed E-state index contributed by atoms with van der Waals surface area (Å²) in [5.74, 6) is -1.25. The Morgan fingerprint density at radius 2 is 1.96 bits per heavy atom. The number of benzene rings is 1. The standard InChI is InChI=1S/C15H20N2O5S/c18-14(7-9-17-8-4-10-23(17,21)22)16-13(11-15(19)20)12-5-2-1-3-6-12/h1-3,5-6,13H,4,7-11H2,(H,16,18)(H,19,20). The Bertz CT molecular complexity index is 660. The topological polar surface area (TPSA) is 104 Å². The van der Waals surface area contributed by atoms with Gasteiger partial charge in [-0.25, -0.2) is 12.7 Å². The molecule has 0 bridgehead atoms. The van der Waals surface area contributed by atoms with Crippen molar-refractivity contribution >= 4 is 21.9 Å². The average molecular weight is 340 g/mol. The number of sulfonamides is 1. The molecule has 0 aromatic heterocycles. The summed E-state index contributed by atoms with van der Waals surface area (Å²) >= 11 is 0. The molecule has 0 radical (unpaired) electrons. The van der Waals surface area contributed by atoms with Crippen LogP contribution in [0.5, 0.6) is 0 Å². The van der Waals surface area contributed by atoms with Gasteiger partial charge in [0, 0.05) is 19.5 Å². The highest BCUT2D eigenvalue weighted by Crippen LogP contribution is 2.17. The highest BCUT2D eigenvalue weighted by atomic mass is 32.2. The van der Waals surface area contributed by atoms with Crippen LogP contribution >= 0.6 is 0 Å². The molecular formula is C15H20N2O5S. The second-order valence-electron chi connectivity index (χ2n) is 5.45. The van der Waals surface area contributed by atoms with Crippen molar-refractivity contribution < 1.29 is 23.1 Å². The lowest BCUT2D eigenvalue weighted by molar-refractivity contribution is -0.137. The van der Waals surface area contributed by atoms with Gasteiger partial charge in [0.1, 0.15) is 0 Å². The molecule has 1 amide bonds. The second kappa shape index (κ2) is 7.56. The summed E-state index contributed by atoms with van der Waals surface area (Å²) in [5.41, 5.74) is 0.706. The van der Waals surface area contributed by atoms with Gasteiger partial charge >= 0.3 is 5.97 Å². The molecule has 1 aliphatic rings. The van der Waals surface area contributed by atoms with E-state index in [1.54, 1.807) is 30.3 Å². The van der Waals surface area contributed by atoms with E-state index in [2.05, 4.69) is 5.32 Å². The predicted molar refractivity (Wildman–Crippen MR) is 84.2 cm³/mol. The predicted octanol–water partition coefficient (Wildman–Crippen LogP) is 0.744. The molecule has 1 fully saturated rings. The average Bonchev–Trinajstić information content (AvgIpc) is 2.83. The van der Waals surface area contributed by atoms with E-state index in [0.717, 1.165) is 0 Å². The van der Waals surface area contributed by atoms with Crippen LogP contribution in [-0.4, -0.2) is 48.5 Å². The first-order chi connectivity index (χ1) is 10.9. The second-order valence-corrected chi connectivity index (χ2v) is 7.54. The van der Waals surface area contributed by atoms with Crippen molar-refractivity contribution in [2.75, 3.05) is 18.8 Å². The van der Waals surface area contributed by atoms with E-state index in [0.29, 0.717) is 18.5 Å². The zero-order valence-electron chi connectivity index (χ0n) is 12.6. The van der Waals surface area contributed by atoms with Gasteiger partial charge in [0.05, 0.1) is 18.2 Å². The molecule has 0 saturated carbocycles. The van der Waals surface area contributed by atoms with Crippen molar-refractivity contribution in [2.24, 2.45) is 0 Å². The minimum atomic E-state index is -3.22. The highest BCUT2D eigenvalue weighted by molar-refractivity contribution is 7.89. The molecule has 1 heterocycles. The maximum atomic E-state index is 12.1. The van der Waals surface area contributed by atoms with Crippen molar-refractivity contribution in [2.45, 2.75) is 25.3 Å². The molecule has 1 atom stereocenters. The first-order valence-electron chi connectivity index (χ1n) is 7.42. The molecule has 1 aromatic carbocycles. The van der Waals surface area contributed by atoms with Gasteiger partial charge < -0.3 is 10.4 Å². The van der Waals surface area contributed by atoms with Crippen LogP contribution in [0.3, 0.4) is 0 Å². The van der Waals surface area contributed by atoms with Crippen molar-refractivity contribution in [3.63, 3.8) is 0 Å². The lowest BCUT2D eigenvalue weighted by atomic mass is 10.0. The van der Waals surface area contributed by atoms with Gasteiger partial charge in [-0.05, 0) is 12.0 Å². The van der Waals surface area contributed by atoms with Gasteiger partial charge in [-0.15, -0.1) is 0 Å². The Morgan fingerprint density at radius 1 is 1.26 bits per heavy atom. The molecule has 1 saturated heterocycles. The Kier molecular flexibility index (Phi) is 5.73. The van der Waals surface area contributed by atoms with Gasteiger partial charge in [-0.2, -0.15) is 0 Å². The SMILES string of the molecule is O=C(O)CC(NC(=O)CCN1CCCS1(=O)=O)c1ccccc1. The Morgan fingerprint density at radius 3 is 2.52 bits per heavy atom. The fourth-order valence-corrected chi connectivity index (χ4v) is 4.08. The van der Waals surface area contributed by atoms with Crippen molar-refractivity contribution in [3.8, 4) is 0 Å². The fourth-order valence-electron chi connectivity index (χ4n) is 2.55. The molecule has 2 rings (SSSR count). The first-order valence-corrected chi connectivity index (χ1v) is 9.03. The van der Waals surface area contributed by atoms with E-state index in [1.165, 1.54) is 4.31 Å². The van der Waals surface area contributed by atoms with Crippen LogP contribution in [0.4, 0.5) is 0 Å². The van der Waals surface area contributed by atoms with Gasteiger partial charge in [-0.1, -0.05) is 30.3 Å². The molecule has 126 valence electrons. The Balaban J connectivity index is 1.94. The normalized spacial score (nSPS) is 18.4. The van der Waals surface area contributed by atoms with Crippen molar-refractivity contribution in [3.05, 3.63) is 35.9 Å². The molecule has 8 heteroatoms. The van der Waals surface area contributed by atoms with Crippen LogP contribution in [-0.2, 0) is 19.6 Å². The van der Waals surface area contributed by atoms with E-state index in [4.69, 9.17) is 5.11 Å². The molecule has 1 aliphatic heterocycles. The van der Waals surface area contributed by atoms with Crippen LogP contribution in [0, 0.1) is 0 Å². The molecule has 1 unspecified atom stereocenters. The van der Waals surface area contributed by atoms with Crippen LogP contribution in [0.1, 0.15) is 30.9 Å². The summed E-state index contributed by atoms with van der Waals surface area (Å²) < 4.78 is 24.7. The number of carboxylic acids is 1. The Labute approximate surface area is 135 Å². The number of nitrogens with zero attached hydrogens (tertiary/aromatic N) is 1. The number of carbonyl (C=O) groups is 2. The summed E-state index contributed by atoms with van der Waals surface area (Å²) in [4.78, 5) is 23.0. The quantitative estimate of drug-likeness (QED) is 0.762. The zero-order chi connectivity index (χ0) is 16.9. The van der Waals surface area contributed by atoms with Crippen LogP contribution in [0.25, 0.3) is 0 Å². The van der Waals surface area contributed by atoms with E-state index < -0.39 is 22.0 Å². The van der Waals surface area contributed by atoms with Gasteiger partial charge in [0.15, 0.2) is 0 Å². The number of amides is 1. The van der Waals surface area contributed by atoms with Crippen LogP contribution in [0.15, 0.2) is 30.3 Å². The van der Waals surface area contributed by atoms with E-state index in [9.17, 15) is 18.0 Å². The number of rotatable bonds is 7. The summed E-state index contributed by atoms with van der Waals surface area (Å²) in [5, 5.41) is 11.7. The Hall–Kier alpha value is -1.93. The molecule has 23 heavy (non-hydrogen) atoms. The highest BCUT2D eigenvalue weighted by Gasteiger charge is 2.28. The third kappa shape index (κ3) is 5.04. The summed E-state index contributed by atoms with van der Waals surface area (Å²) in [7, 11) is -3.22. The number of carboxylic acid groups (broad SMARTS) is 1. The third-order valence-corrected chi connectivity index (χ3v) is 5.66. The maximum absolute atomic E-state index is 12.1. The fraction of sp³-hybridized carbons (Fsp3) is 0.467. The lowest BCUT2D eigenvalue weighted by Crippen LogP contribution is -2.34. The van der Waals surface area contributed by atoms with Crippen LogP contribution < -0.4 is 5.32 Å². The first kappa shape index (κ1) is 17.4. The van der Waals surface area contributed by atoms with Gasteiger partial charge in [-0.3, -0.25) is 9.59 Å². The molecule has 7 nitrogen and oxygen atoms in total. The molecule has 1 aromatic rings. The minimum Gasteiger partial charge on any atom is -0.481 e. The molecular weight excluding hydrogens is 320 g/mol. The number of hydrogen-bond acceptors (Lipinski definition) is 4. The minimum absolute atomic E-state index is 0.0161. The lowest BCUT2D eigenvalue weighted by Gasteiger charge is -2.19. The third-order valence-electron chi connectivity index (χ3n) is 3.71. The summed E-state index contributed by atoms with van der Waals surface area (Å²) in [6, 6.07) is 8.22. The van der Waals surface area contributed by atoms with Crippen molar-refractivity contribution in [1.82, 2.24) is 9.62 Å². The number of aliphatic carboxylic acids is 1. The summed E-state index contributed by atoms with van der Waals surface area (Å²) in [6.07, 6.45) is 0.371. The van der Waals surface area contributed by atoms with Crippen LogP contribution in [0.2, 0.25) is 0 Å². The molecule has 2 N–H and O–H groups in total. The zero-order valence-corrected chi connectivity index (χ0v) is 13.5. The van der Waals surface area contributed by atoms with E-state index in [-0.39, 0.29) is 31.0 Å². The van der Waals surface area contributed by atoms with Crippen molar-refractivity contribution in [1.29, 1.82) is 0 Å². The molecule has 0 aliphatic carbocycles. The van der Waals surface area contributed by atoms with E-state index in [1.807, 2.05) is 0 Å². The monoisotopic (exact) mass is 340 g/mol. The number of nitrogens with one attached hydrogen (secondary N) is 1. The van der Waals surface area contributed by atoms with E-state index >= 15 is 0 Å². The smallest absolute Gasteiger partial charge is 0.305 e. The largest absolute Gasteiger partial charge is 0.481 e. The van der Waals surface area contributed by atoms with Gasteiger partial charge in [0.2, 0.25) is 15.9 Å².